The van der Waals surface area contributed by atoms with Crippen LogP contribution in [0.1, 0.15) is 56.9 Å². The van der Waals surface area contributed by atoms with E-state index in [2.05, 4.69) is 20.7 Å². The van der Waals surface area contributed by atoms with Gasteiger partial charge in [-0.1, -0.05) is 11.6 Å². The number of rotatable bonds is 7. The summed E-state index contributed by atoms with van der Waals surface area (Å²) < 4.78 is 82.2. The lowest BCUT2D eigenvalue weighted by molar-refractivity contribution is -0.143. The predicted octanol–water partition coefficient (Wildman–Crippen LogP) is 6.98. The van der Waals surface area contributed by atoms with E-state index in [0.29, 0.717) is 17.7 Å². The number of halogens is 7. The molecule has 18 heteroatoms. The van der Waals surface area contributed by atoms with Crippen LogP contribution >= 0.6 is 11.6 Å². The van der Waals surface area contributed by atoms with Gasteiger partial charge in [-0.3, -0.25) is 19.4 Å². The summed E-state index contributed by atoms with van der Waals surface area (Å²) in [5, 5.41) is 19.2. The minimum absolute atomic E-state index is 0.0181. The molecular weight excluding hydrogens is 694 g/mol. The summed E-state index contributed by atoms with van der Waals surface area (Å²) in [6.07, 6.45) is -8.92. The quantitative estimate of drug-likeness (QED) is 0.198. The van der Waals surface area contributed by atoms with Gasteiger partial charge in [-0.05, 0) is 68.8 Å². The van der Waals surface area contributed by atoms with Gasteiger partial charge in [0.2, 0.25) is 0 Å². The van der Waals surface area contributed by atoms with Crippen LogP contribution in [0.4, 0.5) is 48.3 Å². The van der Waals surface area contributed by atoms with Crippen molar-refractivity contribution < 1.29 is 40.7 Å². The van der Waals surface area contributed by atoms with Crippen LogP contribution in [0.15, 0.2) is 54.7 Å². The summed E-state index contributed by atoms with van der Waals surface area (Å²) in [5.74, 6) is -1.71. The number of anilines is 3. The smallest absolute Gasteiger partial charge is 0.350 e. The third-order valence-electron chi connectivity index (χ3n) is 7.41. The Morgan fingerprint density at radius 2 is 1.60 bits per heavy atom. The van der Waals surface area contributed by atoms with E-state index in [4.69, 9.17) is 11.6 Å². The summed E-state index contributed by atoms with van der Waals surface area (Å²) in [7, 11) is 0. The molecule has 0 spiro atoms. The number of nitrogens with one attached hydrogen (secondary N) is 2. The third-order valence-corrected chi connectivity index (χ3v) is 7.70. The number of carbonyl (C=O) groups is 3. The number of carbonyl (C=O) groups excluding carboxylic acids is 3. The first-order valence-electron chi connectivity index (χ1n) is 14.7. The minimum Gasteiger partial charge on any atom is -0.350 e. The highest BCUT2D eigenvalue weighted by Crippen LogP contribution is 2.39. The zero-order chi connectivity index (χ0) is 36.7. The van der Waals surface area contributed by atoms with Crippen molar-refractivity contribution in [3.63, 3.8) is 0 Å². The molecule has 1 saturated heterocycles. The Labute approximate surface area is 285 Å². The standard InChI is InChI=1S/C32H25ClF6N8O3/c1-16(2)42-28(48)22-10-18(15-40)9-17(3)26(22)43-29(49)24-14-25(44-47(24)27-23(33)5-4-6-41-27)46-8-7-45(30(46)50)21-12-19(31(34,35)36)11-20(13-21)32(37,38)39/h4-6,9-14,16H,7-8H2,1-3H3,(H,42,48)(H,43,49). The Balaban J connectivity index is 1.56. The second-order valence-electron chi connectivity index (χ2n) is 11.4. The first kappa shape index (κ1) is 35.7. The largest absolute Gasteiger partial charge is 0.416 e. The van der Waals surface area contributed by atoms with Gasteiger partial charge in [0, 0.05) is 37.1 Å². The van der Waals surface area contributed by atoms with Gasteiger partial charge < -0.3 is 10.6 Å². The fourth-order valence-corrected chi connectivity index (χ4v) is 5.36. The van der Waals surface area contributed by atoms with E-state index < -0.39 is 47.0 Å². The molecule has 11 nitrogen and oxygen atoms in total. The van der Waals surface area contributed by atoms with E-state index in [1.54, 1.807) is 20.8 Å². The SMILES string of the molecule is Cc1cc(C#N)cc(C(=O)NC(C)C)c1NC(=O)c1cc(N2CCN(c3cc(C(F)(F)F)cc(C(F)(F)F)c3)C2=O)nn1-c1ncccc1Cl. The number of nitrogens with zero attached hydrogens (tertiary/aromatic N) is 6. The van der Waals surface area contributed by atoms with Gasteiger partial charge in [-0.15, -0.1) is 5.10 Å². The molecule has 2 N–H and O–H groups in total. The normalized spacial score (nSPS) is 13.5. The molecule has 0 radical (unpaired) electrons. The Bertz CT molecular complexity index is 2020. The molecule has 5 rings (SSSR count). The van der Waals surface area contributed by atoms with Gasteiger partial charge >= 0.3 is 18.4 Å². The second kappa shape index (κ2) is 13.3. The van der Waals surface area contributed by atoms with E-state index in [9.17, 15) is 46.0 Å². The molecule has 0 saturated carbocycles. The lowest BCUT2D eigenvalue weighted by atomic mass is 10.0. The van der Waals surface area contributed by atoms with Crippen LogP contribution in [0.2, 0.25) is 5.02 Å². The van der Waals surface area contributed by atoms with Crippen LogP contribution in [0.5, 0.6) is 0 Å². The van der Waals surface area contributed by atoms with Crippen molar-refractivity contribution in [1.82, 2.24) is 20.1 Å². The molecule has 4 amide bonds. The van der Waals surface area contributed by atoms with Gasteiger partial charge in [-0.2, -0.15) is 31.6 Å². The average molecular weight is 719 g/mol. The zero-order valence-corrected chi connectivity index (χ0v) is 27.0. The van der Waals surface area contributed by atoms with Gasteiger partial charge in [0.1, 0.15) is 5.69 Å². The van der Waals surface area contributed by atoms with Gasteiger partial charge in [0.15, 0.2) is 11.6 Å². The van der Waals surface area contributed by atoms with Crippen molar-refractivity contribution in [2.45, 2.75) is 39.2 Å². The summed E-state index contributed by atoms with van der Waals surface area (Å²) in [5.41, 5.74) is -3.54. The summed E-state index contributed by atoms with van der Waals surface area (Å²) in [4.78, 5) is 46.4. The Morgan fingerprint density at radius 1 is 0.960 bits per heavy atom. The highest BCUT2D eigenvalue weighted by Gasteiger charge is 2.40. The van der Waals surface area contributed by atoms with Crippen molar-refractivity contribution in [2.75, 3.05) is 28.2 Å². The average Bonchev–Trinajstić information content (AvgIpc) is 3.64. The minimum atomic E-state index is -5.13. The fourth-order valence-electron chi connectivity index (χ4n) is 5.15. The van der Waals surface area contributed by atoms with E-state index >= 15 is 0 Å². The molecule has 1 aliphatic heterocycles. The summed E-state index contributed by atoms with van der Waals surface area (Å²) in [6.45, 7) is 4.44. The second-order valence-corrected chi connectivity index (χ2v) is 11.8. The van der Waals surface area contributed by atoms with Crippen molar-refractivity contribution in [2.24, 2.45) is 0 Å². The Hall–Kier alpha value is -5.63. The van der Waals surface area contributed by atoms with Crippen molar-refractivity contribution in [3.05, 3.63) is 93.3 Å². The number of hydrogen-bond donors (Lipinski definition) is 2. The number of aryl methyl sites for hydroxylation is 1. The maximum absolute atomic E-state index is 13.9. The number of benzene rings is 2. The molecule has 2 aromatic carbocycles. The van der Waals surface area contributed by atoms with E-state index in [1.807, 2.05) is 6.07 Å². The third kappa shape index (κ3) is 7.20. The van der Waals surface area contributed by atoms with Crippen LogP contribution in [0, 0.1) is 18.3 Å². The van der Waals surface area contributed by atoms with Gasteiger partial charge in [0.25, 0.3) is 11.8 Å². The molecule has 1 fully saturated rings. The van der Waals surface area contributed by atoms with Crippen molar-refractivity contribution >= 4 is 46.6 Å². The molecule has 4 aromatic rings. The molecule has 0 bridgehead atoms. The molecule has 260 valence electrons. The number of amides is 4. The number of nitriles is 1. The van der Waals surface area contributed by atoms with Crippen molar-refractivity contribution in [3.8, 4) is 11.9 Å². The molecule has 0 atom stereocenters. The molecule has 1 aliphatic rings. The number of alkyl halides is 6. The lowest BCUT2D eigenvalue weighted by Gasteiger charge is -2.20. The van der Waals surface area contributed by atoms with Crippen LogP contribution in [0.3, 0.4) is 0 Å². The number of urea groups is 1. The number of pyridine rings is 1. The molecular formula is C32H25ClF6N8O3. The molecule has 0 unspecified atom stereocenters. The van der Waals surface area contributed by atoms with Crippen molar-refractivity contribution in [1.29, 1.82) is 5.26 Å². The maximum atomic E-state index is 13.9. The monoisotopic (exact) mass is 718 g/mol. The number of hydrogen-bond acceptors (Lipinski definition) is 6. The predicted molar refractivity (Wildman–Crippen MR) is 169 cm³/mol. The number of aromatic nitrogens is 3. The van der Waals surface area contributed by atoms with Crippen LogP contribution in [-0.2, 0) is 12.4 Å². The summed E-state index contributed by atoms with van der Waals surface area (Å²) in [6, 6.07) is 8.34. The topological polar surface area (TPSA) is 136 Å². The lowest BCUT2D eigenvalue weighted by Crippen LogP contribution is -2.32. The molecule has 0 aliphatic carbocycles. The van der Waals surface area contributed by atoms with E-state index in [1.165, 1.54) is 30.5 Å². The summed E-state index contributed by atoms with van der Waals surface area (Å²) >= 11 is 6.36. The van der Waals surface area contributed by atoms with Gasteiger partial charge in [0.05, 0.1) is 39.0 Å². The first-order chi connectivity index (χ1) is 23.4. The highest BCUT2D eigenvalue weighted by atomic mass is 35.5. The van der Waals surface area contributed by atoms with E-state index in [0.717, 1.165) is 20.5 Å². The molecule has 50 heavy (non-hydrogen) atoms. The zero-order valence-electron chi connectivity index (χ0n) is 26.2. The maximum Gasteiger partial charge on any atom is 0.416 e. The van der Waals surface area contributed by atoms with Crippen LogP contribution in [0.25, 0.3) is 5.82 Å². The fraction of sp³-hybridized carbons (Fsp3) is 0.250. The highest BCUT2D eigenvalue weighted by molar-refractivity contribution is 6.32. The van der Waals surface area contributed by atoms with Gasteiger partial charge in [-0.25, -0.2) is 14.5 Å². The Kier molecular flexibility index (Phi) is 9.52. The first-order valence-corrected chi connectivity index (χ1v) is 15.0. The Morgan fingerprint density at radius 3 is 2.18 bits per heavy atom. The van der Waals surface area contributed by atoms with E-state index in [-0.39, 0.29) is 64.4 Å². The van der Waals surface area contributed by atoms with Crippen LogP contribution in [-0.4, -0.2) is 51.7 Å². The molecule has 2 aromatic heterocycles. The molecule has 3 heterocycles. The van der Waals surface area contributed by atoms with Crippen LogP contribution < -0.4 is 20.4 Å².